The minimum absolute atomic E-state index is 0.304. The summed E-state index contributed by atoms with van der Waals surface area (Å²) in [6.07, 6.45) is 5.29. The lowest BCUT2D eigenvalue weighted by Crippen LogP contribution is -2.40. The number of hydrogen-bond donors (Lipinski definition) is 1. The summed E-state index contributed by atoms with van der Waals surface area (Å²) in [5.74, 6) is 3.53. The summed E-state index contributed by atoms with van der Waals surface area (Å²) in [5.41, 5.74) is 0. The van der Waals surface area contributed by atoms with Crippen LogP contribution in [0.3, 0.4) is 0 Å². The number of aliphatic imine (C=N–C) groups is 1. The second-order valence-electron chi connectivity index (χ2n) is 7.04. The third kappa shape index (κ3) is 6.65. The zero-order valence-corrected chi connectivity index (χ0v) is 16.1. The normalized spacial score (nSPS) is 16.4. The van der Waals surface area contributed by atoms with Crippen molar-refractivity contribution >= 4 is 5.96 Å². The molecule has 1 fully saturated rings. The van der Waals surface area contributed by atoms with Crippen LogP contribution in [-0.4, -0.2) is 61.4 Å². The van der Waals surface area contributed by atoms with Gasteiger partial charge in [-0.2, -0.15) is 4.98 Å². The maximum absolute atomic E-state index is 5.42. The fourth-order valence-electron chi connectivity index (χ4n) is 2.95. The van der Waals surface area contributed by atoms with Crippen molar-refractivity contribution in [2.24, 2.45) is 10.9 Å². The van der Waals surface area contributed by atoms with E-state index in [1.54, 1.807) is 0 Å². The van der Waals surface area contributed by atoms with E-state index in [0.29, 0.717) is 11.8 Å². The van der Waals surface area contributed by atoms with E-state index in [0.717, 1.165) is 56.8 Å². The van der Waals surface area contributed by atoms with Crippen LogP contribution in [0.5, 0.6) is 0 Å². The highest BCUT2D eigenvalue weighted by molar-refractivity contribution is 5.79. The Morgan fingerprint density at radius 1 is 1.36 bits per heavy atom. The molecular weight excluding hydrogens is 318 g/mol. The molecule has 0 aliphatic carbocycles. The van der Waals surface area contributed by atoms with Gasteiger partial charge in [-0.05, 0) is 31.6 Å². The molecule has 2 heterocycles. The summed E-state index contributed by atoms with van der Waals surface area (Å²) >= 11 is 0. The fourth-order valence-corrected chi connectivity index (χ4v) is 2.95. The molecule has 0 saturated carbocycles. The molecule has 0 bridgehead atoms. The smallest absolute Gasteiger partial charge is 0.226 e. The number of ether oxygens (including phenoxy) is 1. The molecule has 1 aromatic rings. The predicted molar refractivity (Wildman–Crippen MR) is 98.9 cm³/mol. The van der Waals surface area contributed by atoms with E-state index in [-0.39, 0.29) is 0 Å². The zero-order valence-electron chi connectivity index (χ0n) is 16.1. The molecular formula is C18H33N5O2. The van der Waals surface area contributed by atoms with Crippen molar-refractivity contribution in [2.75, 3.05) is 40.4 Å². The van der Waals surface area contributed by atoms with E-state index in [9.17, 15) is 0 Å². The highest BCUT2D eigenvalue weighted by Gasteiger charge is 2.15. The maximum atomic E-state index is 5.42. The van der Waals surface area contributed by atoms with E-state index in [2.05, 4.69) is 46.2 Å². The molecule has 0 radical (unpaired) electrons. The second-order valence-corrected chi connectivity index (χ2v) is 7.04. The molecule has 0 spiro atoms. The average molecular weight is 351 g/mol. The Morgan fingerprint density at radius 2 is 2.12 bits per heavy atom. The van der Waals surface area contributed by atoms with E-state index >= 15 is 0 Å². The van der Waals surface area contributed by atoms with Gasteiger partial charge in [0.25, 0.3) is 0 Å². The standard InChI is InChI=1S/C18H33N5O2/c1-14(2)17-21-16(25-22-17)6-5-10-20-18(19-3)23(4)11-7-15-8-12-24-13-9-15/h14-15H,5-13H2,1-4H3,(H,19,20). The molecule has 0 unspecified atom stereocenters. The van der Waals surface area contributed by atoms with Gasteiger partial charge in [-0.3, -0.25) is 4.99 Å². The average Bonchev–Trinajstić information content (AvgIpc) is 3.10. The van der Waals surface area contributed by atoms with Gasteiger partial charge in [0.15, 0.2) is 11.8 Å². The van der Waals surface area contributed by atoms with Crippen molar-refractivity contribution in [3.8, 4) is 0 Å². The van der Waals surface area contributed by atoms with Crippen LogP contribution in [0.25, 0.3) is 0 Å². The second kappa shape index (κ2) is 10.4. The van der Waals surface area contributed by atoms with Crippen LogP contribution in [0.4, 0.5) is 0 Å². The van der Waals surface area contributed by atoms with Gasteiger partial charge in [0, 0.05) is 52.7 Å². The number of hydrogen-bond acceptors (Lipinski definition) is 5. The van der Waals surface area contributed by atoms with Crippen LogP contribution in [0.2, 0.25) is 0 Å². The van der Waals surface area contributed by atoms with Crippen molar-refractivity contribution < 1.29 is 9.26 Å². The molecule has 1 N–H and O–H groups in total. The van der Waals surface area contributed by atoms with Crippen LogP contribution in [0.15, 0.2) is 9.52 Å². The van der Waals surface area contributed by atoms with Gasteiger partial charge in [-0.15, -0.1) is 0 Å². The largest absolute Gasteiger partial charge is 0.381 e. The number of nitrogens with one attached hydrogen (secondary N) is 1. The van der Waals surface area contributed by atoms with E-state index < -0.39 is 0 Å². The van der Waals surface area contributed by atoms with Crippen molar-refractivity contribution in [3.63, 3.8) is 0 Å². The Labute approximate surface area is 151 Å². The van der Waals surface area contributed by atoms with Crippen LogP contribution in [0, 0.1) is 5.92 Å². The number of rotatable bonds is 8. The Bertz CT molecular complexity index is 523. The van der Waals surface area contributed by atoms with Crippen molar-refractivity contribution in [2.45, 2.75) is 51.9 Å². The molecule has 0 aromatic carbocycles. The summed E-state index contributed by atoms with van der Waals surface area (Å²) in [6.45, 7) is 7.82. The number of aromatic nitrogens is 2. The van der Waals surface area contributed by atoms with E-state index in [4.69, 9.17) is 9.26 Å². The lowest BCUT2D eigenvalue weighted by Gasteiger charge is -2.26. The van der Waals surface area contributed by atoms with Crippen LogP contribution in [0.1, 0.15) is 57.2 Å². The number of guanidine groups is 1. The predicted octanol–water partition coefficient (Wildman–Crippen LogP) is 2.45. The SMILES string of the molecule is CN=C(NCCCc1nc(C(C)C)no1)N(C)CCC1CCOCC1. The topological polar surface area (TPSA) is 75.8 Å². The molecule has 2 rings (SSSR count). The van der Waals surface area contributed by atoms with Crippen LogP contribution in [-0.2, 0) is 11.2 Å². The Balaban J connectivity index is 1.64. The monoisotopic (exact) mass is 351 g/mol. The number of nitrogens with zero attached hydrogens (tertiary/aromatic N) is 4. The van der Waals surface area contributed by atoms with Gasteiger partial charge in [0.05, 0.1) is 0 Å². The first-order valence-electron chi connectivity index (χ1n) is 9.42. The molecule has 142 valence electrons. The van der Waals surface area contributed by atoms with Crippen molar-refractivity contribution in [3.05, 3.63) is 11.7 Å². The zero-order chi connectivity index (χ0) is 18.1. The molecule has 7 nitrogen and oxygen atoms in total. The number of aryl methyl sites for hydroxylation is 1. The first kappa shape index (κ1) is 19.7. The van der Waals surface area contributed by atoms with E-state index in [1.165, 1.54) is 19.3 Å². The van der Waals surface area contributed by atoms with E-state index in [1.807, 2.05) is 7.05 Å². The summed E-state index contributed by atoms with van der Waals surface area (Å²) in [7, 11) is 3.93. The highest BCUT2D eigenvalue weighted by atomic mass is 16.5. The molecule has 1 aliphatic rings. The van der Waals surface area contributed by atoms with Gasteiger partial charge < -0.3 is 19.5 Å². The summed E-state index contributed by atoms with van der Waals surface area (Å²) in [6, 6.07) is 0. The van der Waals surface area contributed by atoms with Crippen molar-refractivity contribution in [1.82, 2.24) is 20.4 Å². The molecule has 0 amide bonds. The third-order valence-corrected chi connectivity index (χ3v) is 4.64. The molecule has 7 heteroatoms. The first-order chi connectivity index (χ1) is 12.1. The minimum atomic E-state index is 0.304. The molecule has 1 aliphatic heterocycles. The lowest BCUT2D eigenvalue weighted by atomic mass is 9.96. The summed E-state index contributed by atoms with van der Waals surface area (Å²) in [5, 5.41) is 7.41. The minimum Gasteiger partial charge on any atom is -0.381 e. The summed E-state index contributed by atoms with van der Waals surface area (Å²) in [4.78, 5) is 11.0. The third-order valence-electron chi connectivity index (χ3n) is 4.64. The van der Waals surface area contributed by atoms with Gasteiger partial charge in [-0.25, -0.2) is 0 Å². The Hall–Kier alpha value is -1.63. The molecule has 1 saturated heterocycles. The Kier molecular flexibility index (Phi) is 8.18. The first-order valence-corrected chi connectivity index (χ1v) is 9.42. The lowest BCUT2D eigenvalue weighted by molar-refractivity contribution is 0.0625. The fraction of sp³-hybridized carbons (Fsp3) is 0.833. The molecule has 0 atom stereocenters. The summed E-state index contributed by atoms with van der Waals surface area (Å²) < 4.78 is 10.7. The molecule has 1 aromatic heterocycles. The molecule has 25 heavy (non-hydrogen) atoms. The quantitative estimate of drug-likeness (QED) is 0.440. The van der Waals surface area contributed by atoms with Crippen LogP contribution >= 0.6 is 0 Å². The van der Waals surface area contributed by atoms with Gasteiger partial charge in [0.1, 0.15) is 0 Å². The highest BCUT2D eigenvalue weighted by Crippen LogP contribution is 2.18. The van der Waals surface area contributed by atoms with Crippen LogP contribution < -0.4 is 5.32 Å². The van der Waals surface area contributed by atoms with Gasteiger partial charge in [-0.1, -0.05) is 19.0 Å². The van der Waals surface area contributed by atoms with Crippen molar-refractivity contribution in [1.29, 1.82) is 0 Å². The van der Waals surface area contributed by atoms with Gasteiger partial charge >= 0.3 is 0 Å². The van der Waals surface area contributed by atoms with Gasteiger partial charge in [0.2, 0.25) is 5.89 Å². The maximum Gasteiger partial charge on any atom is 0.226 e. The Morgan fingerprint density at radius 3 is 2.76 bits per heavy atom.